The Morgan fingerprint density at radius 1 is 1.14 bits per heavy atom. The fourth-order valence-electron chi connectivity index (χ4n) is 2.43. The van der Waals surface area contributed by atoms with E-state index in [0.717, 1.165) is 27.1 Å². The normalized spacial score (nSPS) is 11.6. The topological polar surface area (TPSA) is 43.6 Å². The van der Waals surface area contributed by atoms with E-state index in [9.17, 15) is 0 Å². The lowest BCUT2D eigenvalue weighted by molar-refractivity contribution is 1.02. The van der Waals surface area contributed by atoms with Gasteiger partial charge in [-0.3, -0.25) is 4.57 Å². The fourth-order valence-corrected chi connectivity index (χ4v) is 3.40. The van der Waals surface area contributed by atoms with E-state index in [1.807, 2.05) is 16.0 Å². The molecule has 0 aliphatic carbocycles. The van der Waals surface area contributed by atoms with Gasteiger partial charge in [0.15, 0.2) is 5.82 Å². The predicted octanol–water partition coefficient (Wildman–Crippen LogP) is 4.30. The number of halogens is 1. The molecule has 0 atom stereocenters. The molecule has 0 saturated heterocycles. The molecule has 0 unspecified atom stereocenters. The summed E-state index contributed by atoms with van der Waals surface area (Å²) in [5, 5.41) is 3.24. The minimum atomic E-state index is 0.255. The predicted molar refractivity (Wildman–Crippen MR) is 86.5 cm³/mol. The molecular formula is C15H11ClN4S. The van der Waals surface area contributed by atoms with Crippen LogP contribution in [0.1, 0.15) is 11.1 Å². The standard InChI is InChI=1S/C15H11ClN4S/c1-8-5-11-12(6-9(8)2)20(7-17-11)13-10-3-4-21-14(10)19-15(16)18-13/h3-7H,1-2H3. The summed E-state index contributed by atoms with van der Waals surface area (Å²) < 4.78 is 1.98. The summed E-state index contributed by atoms with van der Waals surface area (Å²) in [5.74, 6) is 0.775. The second-order valence-corrected chi connectivity index (χ2v) is 6.23. The van der Waals surface area contributed by atoms with Crippen LogP contribution in [-0.4, -0.2) is 19.5 Å². The number of thiophene rings is 1. The van der Waals surface area contributed by atoms with Crippen molar-refractivity contribution in [3.05, 3.63) is 46.3 Å². The Kier molecular flexibility index (Phi) is 2.74. The van der Waals surface area contributed by atoms with E-state index < -0.39 is 0 Å². The van der Waals surface area contributed by atoms with Crippen molar-refractivity contribution in [1.82, 2.24) is 19.5 Å². The lowest BCUT2D eigenvalue weighted by atomic mass is 10.1. The lowest BCUT2D eigenvalue weighted by Gasteiger charge is -2.07. The highest BCUT2D eigenvalue weighted by atomic mass is 35.5. The van der Waals surface area contributed by atoms with Crippen LogP contribution in [0.2, 0.25) is 5.28 Å². The molecule has 0 amide bonds. The van der Waals surface area contributed by atoms with Gasteiger partial charge in [0.05, 0.1) is 16.4 Å². The molecular weight excluding hydrogens is 304 g/mol. The largest absolute Gasteiger partial charge is 0.282 e. The Labute approximate surface area is 130 Å². The third kappa shape index (κ3) is 1.92. The van der Waals surface area contributed by atoms with Gasteiger partial charge >= 0.3 is 0 Å². The van der Waals surface area contributed by atoms with Crippen LogP contribution in [0.5, 0.6) is 0 Å². The van der Waals surface area contributed by atoms with Crippen molar-refractivity contribution in [2.45, 2.75) is 13.8 Å². The van der Waals surface area contributed by atoms with Gasteiger partial charge in [-0.2, -0.15) is 4.98 Å². The van der Waals surface area contributed by atoms with Crippen LogP contribution < -0.4 is 0 Å². The van der Waals surface area contributed by atoms with Crippen molar-refractivity contribution in [3.8, 4) is 5.82 Å². The third-order valence-electron chi connectivity index (χ3n) is 3.67. The Bertz CT molecular complexity index is 986. The zero-order chi connectivity index (χ0) is 14.6. The number of hydrogen-bond acceptors (Lipinski definition) is 4. The second-order valence-electron chi connectivity index (χ2n) is 5.00. The molecule has 4 nitrogen and oxygen atoms in total. The van der Waals surface area contributed by atoms with Crippen molar-refractivity contribution < 1.29 is 0 Å². The molecule has 0 spiro atoms. The van der Waals surface area contributed by atoms with Gasteiger partial charge in [0.25, 0.3) is 0 Å². The summed E-state index contributed by atoms with van der Waals surface area (Å²) in [5.41, 5.74) is 4.44. The first-order valence-electron chi connectivity index (χ1n) is 6.49. The van der Waals surface area contributed by atoms with E-state index in [1.165, 1.54) is 11.1 Å². The van der Waals surface area contributed by atoms with Gasteiger partial charge in [-0.25, -0.2) is 9.97 Å². The van der Waals surface area contributed by atoms with Crippen LogP contribution in [0, 0.1) is 13.8 Å². The van der Waals surface area contributed by atoms with E-state index in [2.05, 4.69) is 40.9 Å². The van der Waals surface area contributed by atoms with Crippen molar-refractivity contribution in [2.24, 2.45) is 0 Å². The number of nitrogens with zero attached hydrogens (tertiary/aromatic N) is 4. The summed E-state index contributed by atoms with van der Waals surface area (Å²) in [6.45, 7) is 4.19. The number of rotatable bonds is 1. The van der Waals surface area contributed by atoms with Crippen molar-refractivity contribution in [1.29, 1.82) is 0 Å². The van der Waals surface area contributed by atoms with E-state index in [0.29, 0.717) is 0 Å². The number of benzene rings is 1. The van der Waals surface area contributed by atoms with Gasteiger partial charge in [0, 0.05) is 0 Å². The SMILES string of the molecule is Cc1cc2ncn(-c3nc(Cl)nc4sccc34)c2cc1C. The molecule has 6 heteroatoms. The summed E-state index contributed by atoms with van der Waals surface area (Å²) in [6.07, 6.45) is 1.79. The van der Waals surface area contributed by atoms with Crippen LogP contribution in [0.15, 0.2) is 29.9 Å². The average molecular weight is 315 g/mol. The highest BCUT2D eigenvalue weighted by molar-refractivity contribution is 7.16. The van der Waals surface area contributed by atoms with Crippen LogP contribution in [0.4, 0.5) is 0 Å². The maximum absolute atomic E-state index is 6.06. The average Bonchev–Trinajstić information content (AvgIpc) is 3.05. The first-order chi connectivity index (χ1) is 10.1. The number of aromatic nitrogens is 4. The van der Waals surface area contributed by atoms with Gasteiger partial charge in [0.1, 0.15) is 11.2 Å². The molecule has 0 bridgehead atoms. The first-order valence-corrected chi connectivity index (χ1v) is 7.74. The maximum Gasteiger partial charge on any atom is 0.225 e. The van der Waals surface area contributed by atoms with Crippen LogP contribution in [0.3, 0.4) is 0 Å². The zero-order valence-corrected chi connectivity index (χ0v) is 13.0. The van der Waals surface area contributed by atoms with Crippen LogP contribution >= 0.6 is 22.9 Å². The van der Waals surface area contributed by atoms with Crippen LogP contribution in [-0.2, 0) is 0 Å². The molecule has 0 fully saturated rings. The second kappa shape index (κ2) is 4.51. The third-order valence-corrected chi connectivity index (χ3v) is 4.64. The molecule has 0 N–H and O–H groups in total. The van der Waals surface area contributed by atoms with Crippen molar-refractivity contribution in [3.63, 3.8) is 0 Å². The molecule has 4 rings (SSSR count). The zero-order valence-electron chi connectivity index (χ0n) is 11.5. The van der Waals surface area contributed by atoms with E-state index in [1.54, 1.807) is 17.7 Å². The molecule has 0 aliphatic rings. The molecule has 3 heterocycles. The molecule has 3 aromatic heterocycles. The smallest absolute Gasteiger partial charge is 0.225 e. The van der Waals surface area contributed by atoms with Gasteiger partial charge in [-0.1, -0.05) is 0 Å². The molecule has 1 aromatic carbocycles. The highest BCUT2D eigenvalue weighted by Gasteiger charge is 2.13. The minimum absolute atomic E-state index is 0.255. The Morgan fingerprint density at radius 2 is 1.95 bits per heavy atom. The summed E-state index contributed by atoms with van der Waals surface area (Å²) in [4.78, 5) is 14.0. The Balaban J connectivity index is 2.09. The maximum atomic E-state index is 6.06. The summed E-state index contributed by atoms with van der Waals surface area (Å²) >= 11 is 7.61. The number of fused-ring (bicyclic) bond motifs is 2. The van der Waals surface area contributed by atoms with Gasteiger partial charge in [-0.05, 0) is 60.2 Å². The number of imidazole rings is 1. The molecule has 0 saturated carbocycles. The monoisotopic (exact) mass is 314 g/mol. The van der Waals surface area contributed by atoms with Gasteiger partial charge in [0.2, 0.25) is 5.28 Å². The highest BCUT2D eigenvalue weighted by Crippen LogP contribution is 2.28. The Morgan fingerprint density at radius 3 is 2.81 bits per heavy atom. The quantitative estimate of drug-likeness (QED) is 0.492. The van der Waals surface area contributed by atoms with Gasteiger partial charge < -0.3 is 0 Å². The summed E-state index contributed by atoms with van der Waals surface area (Å²) in [7, 11) is 0. The van der Waals surface area contributed by atoms with Crippen molar-refractivity contribution >= 4 is 44.2 Å². The molecule has 4 aromatic rings. The van der Waals surface area contributed by atoms with Crippen molar-refractivity contribution in [2.75, 3.05) is 0 Å². The Hall–Kier alpha value is -1.98. The molecule has 21 heavy (non-hydrogen) atoms. The lowest BCUT2D eigenvalue weighted by Crippen LogP contribution is -1.98. The van der Waals surface area contributed by atoms with E-state index in [4.69, 9.17) is 11.6 Å². The van der Waals surface area contributed by atoms with Gasteiger partial charge in [-0.15, -0.1) is 11.3 Å². The fraction of sp³-hybridized carbons (Fsp3) is 0.133. The molecule has 0 aliphatic heterocycles. The first kappa shape index (κ1) is 12.7. The number of hydrogen-bond donors (Lipinski definition) is 0. The van der Waals surface area contributed by atoms with E-state index in [-0.39, 0.29) is 5.28 Å². The molecule has 104 valence electrons. The summed E-state index contributed by atoms with van der Waals surface area (Å²) in [6, 6.07) is 6.24. The van der Waals surface area contributed by atoms with Crippen LogP contribution in [0.25, 0.3) is 27.1 Å². The van der Waals surface area contributed by atoms with E-state index >= 15 is 0 Å². The minimum Gasteiger partial charge on any atom is -0.282 e. The number of aryl methyl sites for hydroxylation is 2. The molecule has 0 radical (unpaired) electrons.